The average Bonchev–Trinajstić information content (AvgIpc) is 2.82. The predicted octanol–water partition coefficient (Wildman–Crippen LogP) is 6.41. The van der Waals surface area contributed by atoms with Crippen molar-refractivity contribution in [3.63, 3.8) is 0 Å². The molecule has 196 valence electrons. The van der Waals surface area contributed by atoms with E-state index in [4.69, 9.17) is 17.3 Å². The molecule has 0 fully saturated rings. The van der Waals surface area contributed by atoms with E-state index in [0.29, 0.717) is 16.9 Å². The number of phenolic OH excluding ortho intramolecular Hbond substituents is 1. The Morgan fingerprint density at radius 2 is 1.39 bits per heavy atom. The van der Waals surface area contributed by atoms with Crippen molar-refractivity contribution in [3.05, 3.63) is 71.2 Å². The van der Waals surface area contributed by atoms with Gasteiger partial charge in [0.15, 0.2) is 5.75 Å². The molecule has 0 aliphatic carbocycles. The molecule has 4 aromatic carbocycles. The van der Waals surface area contributed by atoms with Gasteiger partial charge in [-0.3, -0.25) is 9.11 Å². The van der Waals surface area contributed by atoms with Crippen molar-refractivity contribution in [2.75, 3.05) is 5.73 Å². The highest BCUT2D eigenvalue weighted by molar-refractivity contribution is 7.86. The predicted molar refractivity (Wildman–Crippen MR) is 141 cm³/mol. The molecule has 0 aliphatic rings. The van der Waals surface area contributed by atoms with Gasteiger partial charge in [0.05, 0.1) is 22.1 Å². The number of benzene rings is 4. The molecule has 5 N–H and O–H groups in total. The third-order valence-electron chi connectivity index (χ3n) is 5.26. The lowest BCUT2D eigenvalue weighted by Crippen LogP contribution is -1.99. The van der Waals surface area contributed by atoms with Gasteiger partial charge in [0.2, 0.25) is 0 Å². The van der Waals surface area contributed by atoms with Crippen molar-refractivity contribution < 1.29 is 31.0 Å². The lowest BCUT2D eigenvalue weighted by atomic mass is 10.1. The molecule has 4 rings (SSSR count). The first-order chi connectivity index (χ1) is 17.7. The minimum atomic E-state index is -4.77. The standard InChI is InChI=1S/C23H18ClN5O7S2/c1-12-8-15(4-7-19(12)28-26-16-3-6-18(24)20(11-16)37(31,32)33)27-29-22-21(38(34,35)36)10-13-9-14(25)2-5-17(13)23(22)30/h2-11,30H,25H2,1H3,(H,31,32,33)(H,34,35,36). The molecule has 0 bridgehead atoms. The number of anilines is 1. The summed E-state index contributed by atoms with van der Waals surface area (Å²) in [6, 6.07) is 13.9. The number of hydrogen-bond donors (Lipinski definition) is 4. The van der Waals surface area contributed by atoms with E-state index < -0.39 is 41.5 Å². The number of halogens is 1. The first-order valence-corrected chi connectivity index (χ1v) is 13.7. The Morgan fingerprint density at radius 1 is 0.763 bits per heavy atom. The Morgan fingerprint density at radius 3 is 2.05 bits per heavy atom. The van der Waals surface area contributed by atoms with Crippen LogP contribution >= 0.6 is 11.6 Å². The number of aromatic hydroxyl groups is 1. The van der Waals surface area contributed by atoms with Crippen LogP contribution in [0.15, 0.2) is 90.9 Å². The summed E-state index contributed by atoms with van der Waals surface area (Å²) in [6.45, 7) is 1.68. The SMILES string of the molecule is Cc1cc(N=Nc2c(S(=O)(=O)O)cc3cc(N)ccc3c2O)ccc1N=Nc1ccc(Cl)c(S(=O)(=O)O)c1. The Labute approximate surface area is 221 Å². The van der Waals surface area contributed by atoms with E-state index >= 15 is 0 Å². The van der Waals surface area contributed by atoms with Crippen molar-refractivity contribution in [3.8, 4) is 5.75 Å². The van der Waals surface area contributed by atoms with E-state index in [-0.39, 0.29) is 27.2 Å². The first kappa shape index (κ1) is 27.1. The Hall–Kier alpha value is -3.95. The summed E-state index contributed by atoms with van der Waals surface area (Å²) in [7, 11) is -9.32. The highest BCUT2D eigenvalue weighted by atomic mass is 35.5. The van der Waals surface area contributed by atoms with E-state index in [0.717, 1.165) is 12.1 Å². The third kappa shape index (κ3) is 5.79. The zero-order valence-corrected chi connectivity index (χ0v) is 21.7. The summed E-state index contributed by atoms with van der Waals surface area (Å²) in [4.78, 5) is -1.15. The molecule has 0 radical (unpaired) electrons. The largest absolute Gasteiger partial charge is 0.505 e. The highest BCUT2D eigenvalue weighted by Crippen LogP contribution is 2.42. The van der Waals surface area contributed by atoms with Crippen molar-refractivity contribution in [1.29, 1.82) is 0 Å². The summed E-state index contributed by atoms with van der Waals surface area (Å²) < 4.78 is 65.7. The average molecular weight is 576 g/mol. The molecule has 0 aromatic heterocycles. The molecule has 4 aromatic rings. The molecule has 0 unspecified atom stereocenters. The van der Waals surface area contributed by atoms with Crippen LogP contribution in [0, 0.1) is 6.92 Å². The smallest absolute Gasteiger partial charge is 0.296 e. The quantitative estimate of drug-likeness (QED) is 0.114. The van der Waals surface area contributed by atoms with Gasteiger partial charge in [-0.2, -0.15) is 32.2 Å². The van der Waals surface area contributed by atoms with Gasteiger partial charge in [-0.15, -0.1) is 5.11 Å². The molecule has 0 spiro atoms. The van der Waals surface area contributed by atoms with Crippen LogP contribution in [-0.2, 0) is 20.2 Å². The summed E-state index contributed by atoms with van der Waals surface area (Å²) >= 11 is 5.80. The van der Waals surface area contributed by atoms with Crippen LogP contribution in [0.5, 0.6) is 5.75 Å². The lowest BCUT2D eigenvalue weighted by molar-refractivity contribution is 0.472. The number of rotatable bonds is 6. The van der Waals surface area contributed by atoms with Crippen LogP contribution in [-0.4, -0.2) is 31.0 Å². The molecule has 12 nitrogen and oxygen atoms in total. The minimum Gasteiger partial charge on any atom is -0.505 e. The first-order valence-electron chi connectivity index (χ1n) is 10.5. The van der Waals surface area contributed by atoms with Crippen molar-refractivity contribution in [2.24, 2.45) is 20.5 Å². The van der Waals surface area contributed by atoms with E-state index in [1.807, 2.05) is 0 Å². The number of fused-ring (bicyclic) bond motifs is 1. The topological polar surface area (TPSA) is 204 Å². The fourth-order valence-electron chi connectivity index (χ4n) is 3.45. The molecular weight excluding hydrogens is 558 g/mol. The second-order valence-electron chi connectivity index (χ2n) is 7.99. The van der Waals surface area contributed by atoms with Gasteiger partial charge in [-0.1, -0.05) is 11.6 Å². The minimum absolute atomic E-state index is 0.122. The zero-order valence-electron chi connectivity index (χ0n) is 19.3. The molecule has 0 amide bonds. The monoisotopic (exact) mass is 575 g/mol. The maximum atomic E-state index is 12.0. The zero-order chi connectivity index (χ0) is 27.8. The normalized spacial score (nSPS) is 12.6. The number of nitrogens with two attached hydrogens (primary N) is 1. The molecule has 0 aliphatic heterocycles. The van der Waals surface area contributed by atoms with Crippen molar-refractivity contribution in [2.45, 2.75) is 16.7 Å². The summed E-state index contributed by atoms with van der Waals surface area (Å²) in [5.74, 6) is -0.506. The number of nitrogen functional groups attached to an aromatic ring is 1. The molecule has 0 saturated carbocycles. The maximum Gasteiger partial charge on any atom is 0.296 e. The fourth-order valence-corrected chi connectivity index (χ4v) is 5.10. The molecule has 0 saturated heterocycles. The molecule has 0 heterocycles. The summed E-state index contributed by atoms with van der Waals surface area (Å²) in [6.07, 6.45) is 0. The molecule has 0 atom stereocenters. The van der Waals surface area contributed by atoms with E-state index in [2.05, 4.69) is 20.5 Å². The van der Waals surface area contributed by atoms with Gasteiger partial charge in [-0.05, 0) is 78.5 Å². The highest BCUT2D eigenvalue weighted by Gasteiger charge is 2.22. The Kier molecular flexibility index (Phi) is 7.18. The van der Waals surface area contributed by atoms with E-state index in [1.54, 1.807) is 13.0 Å². The third-order valence-corrected chi connectivity index (χ3v) is 7.47. The summed E-state index contributed by atoms with van der Waals surface area (Å²) in [5.41, 5.74) is 6.94. The van der Waals surface area contributed by atoms with Gasteiger partial charge < -0.3 is 10.8 Å². The fraction of sp³-hybridized carbons (Fsp3) is 0.0435. The molecular formula is C23H18ClN5O7S2. The molecule has 15 heteroatoms. The van der Waals surface area contributed by atoms with Gasteiger partial charge in [-0.25, -0.2) is 0 Å². The number of phenols is 1. The van der Waals surface area contributed by atoms with Crippen LogP contribution in [0.25, 0.3) is 10.8 Å². The van der Waals surface area contributed by atoms with Gasteiger partial charge in [0.25, 0.3) is 20.2 Å². The number of nitrogens with zero attached hydrogens (tertiary/aromatic N) is 4. The van der Waals surface area contributed by atoms with E-state index in [1.165, 1.54) is 42.5 Å². The van der Waals surface area contributed by atoms with Crippen LogP contribution < -0.4 is 5.73 Å². The lowest BCUT2D eigenvalue weighted by Gasteiger charge is -2.09. The van der Waals surface area contributed by atoms with Crippen LogP contribution in [0.2, 0.25) is 5.02 Å². The number of aryl methyl sites for hydroxylation is 1. The summed E-state index contributed by atoms with van der Waals surface area (Å²) in [5, 5.41) is 26.9. The van der Waals surface area contributed by atoms with Crippen molar-refractivity contribution in [1.82, 2.24) is 0 Å². The Bertz CT molecular complexity index is 1880. The van der Waals surface area contributed by atoms with Gasteiger partial charge in [0.1, 0.15) is 15.5 Å². The number of azo groups is 2. The Balaban J connectivity index is 1.67. The van der Waals surface area contributed by atoms with Gasteiger partial charge >= 0.3 is 0 Å². The second-order valence-corrected chi connectivity index (χ2v) is 11.2. The molecule has 38 heavy (non-hydrogen) atoms. The van der Waals surface area contributed by atoms with E-state index in [9.17, 15) is 31.0 Å². The maximum absolute atomic E-state index is 12.0. The van der Waals surface area contributed by atoms with Crippen molar-refractivity contribution >= 4 is 71.0 Å². The van der Waals surface area contributed by atoms with Crippen LogP contribution in [0.3, 0.4) is 0 Å². The second kappa shape index (κ2) is 10.1. The van der Waals surface area contributed by atoms with Gasteiger partial charge in [0, 0.05) is 11.1 Å². The van der Waals surface area contributed by atoms with Crippen LogP contribution in [0.4, 0.5) is 28.4 Å². The van der Waals surface area contributed by atoms with Crippen LogP contribution in [0.1, 0.15) is 5.56 Å². The number of hydrogen-bond acceptors (Lipinski definition) is 10.